The summed E-state index contributed by atoms with van der Waals surface area (Å²) < 4.78 is 0. The van der Waals surface area contributed by atoms with E-state index in [-0.39, 0.29) is 5.91 Å². The number of aliphatic hydroxyl groups excluding tert-OH is 1. The molecule has 0 aliphatic heterocycles. The number of amides is 1. The van der Waals surface area contributed by atoms with Gasteiger partial charge in [0.25, 0.3) is 5.91 Å². The van der Waals surface area contributed by atoms with E-state index < -0.39 is 6.10 Å². The van der Waals surface area contributed by atoms with Crippen molar-refractivity contribution < 1.29 is 9.90 Å². The third-order valence-corrected chi connectivity index (χ3v) is 3.92. The number of carbonyl (C=O) groups excluding carboxylic acids is 1. The molecule has 0 unspecified atom stereocenters. The lowest BCUT2D eigenvalue weighted by atomic mass is 10.0. The van der Waals surface area contributed by atoms with Crippen LogP contribution in [0, 0.1) is 0 Å². The Morgan fingerprint density at radius 2 is 1.61 bits per heavy atom. The van der Waals surface area contributed by atoms with Gasteiger partial charge in [0.05, 0.1) is 6.10 Å². The van der Waals surface area contributed by atoms with Gasteiger partial charge in [-0.05, 0) is 28.8 Å². The molecule has 3 heteroatoms. The summed E-state index contributed by atoms with van der Waals surface area (Å²) in [6, 6.07) is 23.0. The fourth-order valence-electron chi connectivity index (χ4n) is 2.68. The standard InChI is InChI=1S/C20H19NO2/c22-19(16-8-2-1-3-9-16)13-14-21-20(23)18-12-6-10-15-7-4-5-11-17(15)18/h1-12,19,22H,13-14H2,(H,21,23)/t19-/m1/s1. The Labute approximate surface area is 135 Å². The van der Waals surface area contributed by atoms with E-state index in [1.165, 1.54) is 0 Å². The average molecular weight is 305 g/mol. The lowest BCUT2D eigenvalue weighted by Crippen LogP contribution is -2.25. The SMILES string of the molecule is O=C(NCC[C@@H](O)c1ccccc1)c1cccc2ccccc12. The van der Waals surface area contributed by atoms with Crippen LogP contribution in [0.3, 0.4) is 0 Å². The minimum absolute atomic E-state index is 0.109. The van der Waals surface area contributed by atoms with Crippen LogP contribution in [-0.2, 0) is 0 Å². The van der Waals surface area contributed by atoms with E-state index >= 15 is 0 Å². The molecule has 0 bridgehead atoms. The normalized spacial score (nSPS) is 12.0. The van der Waals surface area contributed by atoms with Crippen molar-refractivity contribution in [2.24, 2.45) is 0 Å². The predicted molar refractivity (Wildman–Crippen MR) is 92.3 cm³/mol. The molecule has 0 radical (unpaired) electrons. The Bertz CT molecular complexity index is 794. The van der Waals surface area contributed by atoms with Gasteiger partial charge in [0.2, 0.25) is 0 Å². The highest BCUT2D eigenvalue weighted by Gasteiger charge is 2.11. The second-order valence-corrected chi connectivity index (χ2v) is 5.50. The number of fused-ring (bicyclic) bond motifs is 1. The van der Waals surface area contributed by atoms with Gasteiger partial charge < -0.3 is 10.4 Å². The Hall–Kier alpha value is -2.65. The molecule has 3 rings (SSSR count). The van der Waals surface area contributed by atoms with E-state index in [4.69, 9.17) is 0 Å². The molecular weight excluding hydrogens is 286 g/mol. The largest absolute Gasteiger partial charge is 0.388 e. The van der Waals surface area contributed by atoms with E-state index in [9.17, 15) is 9.90 Å². The topological polar surface area (TPSA) is 49.3 Å². The monoisotopic (exact) mass is 305 g/mol. The van der Waals surface area contributed by atoms with E-state index in [1.54, 1.807) is 0 Å². The second-order valence-electron chi connectivity index (χ2n) is 5.50. The van der Waals surface area contributed by atoms with Gasteiger partial charge in [-0.25, -0.2) is 0 Å². The van der Waals surface area contributed by atoms with Crippen LogP contribution < -0.4 is 5.32 Å². The molecular formula is C20H19NO2. The molecule has 23 heavy (non-hydrogen) atoms. The number of benzene rings is 3. The quantitative estimate of drug-likeness (QED) is 0.755. The van der Waals surface area contributed by atoms with Gasteiger partial charge in [-0.15, -0.1) is 0 Å². The third kappa shape index (κ3) is 3.58. The molecule has 0 saturated heterocycles. The van der Waals surface area contributed by atoms with E-state index in [1.807, 2.05) is 72.8 Å². The molecule has 0 saturated carbocycles. The zero-order chi connectivity index (χ0) is 16.1. The molecule has 0 spiro atoms. The number of nitrogens with one attached hydrogen (secondary N) is 1. The summed E-state index contributed by atoms with van der Waals surface area (Å²) in [4.78, 5) is 12.4. The van der Waals surface area contributed by atoms with E-state index in [0.717, 1.165) is 16.3 Å². The highest BCUT2D eigenvalue weighted by Crippen LogP contribution is 2.19. The van der Waals surface area contributed by atoms with E-state index in [2.05, 4.69) is 5.32 Å². The summed E-state index contributed by atoms with van der Waals surface area (Å²) in [5.41, 5.74) is 1.53. The summed E-state index contributed by atoms with van der Waals surface area (Å²) in [5, 5.41) is 15.0. The molecule has 0 aliphatic carbocycles. The van der Waals surface area contributed by atoms with Crippen molar-refractivity contribution in [2.45, 2.75) is 12.5 Å². The summed E-state index contributed by atoms with van der Waals surface area (Å²) in [6.07, 6.45) is -0.0791. The van der Waals surface area contributed by atoms with Gasteiger partial charge in [-0.2, -0.15) is 0 Å². The lowest BCUT2D eigenvalue weighted by molar-refractivity contribution is 0.0944. The fourth-order valence-corrected chi connectivity index (χ4v) is 2.68. The molecule has 0 heterocycles. The molecule has 116 valence electrons. The minimum Gasteiger partial charge on any atom is -0.388 e. The van der Waals surface area contributed by atoms with Crippen molar-refractivity contribution in [2.75, 3.05) is 6.54 Å². The van der Waals surface area contributed by atoms with Crippen LogP contribution in [0.15, 0.2) is 72.8 Å². The third-order valence-electron chi connectivity index (χ3n) is 3.92. The van der Waals surface area contributed by atoms with Crippen LogP contribution in [-0.4, -0.2) is 17.6 Å². The number of hydrogen-bond donors (Lipinski definition) is 2. The van der Waals surface area contributed by atoms with E-state index in [0.29, 0.717) is 18.5 Å². The summed E-state index contributed by atoms with van der Waals surface area (Å²) in [6.45, 7) is 0.429. The zero-order valence-corrected chi connectivity index (χ0v) is 12.8. The van der Waals surface area contributed by atoms with Crippen molar-refractivity contribution in [1.29, 1.82) is 0 Å². The minimum atomic E-state index is -0.566. The van der Waals surface area contributed by atoms with Crippen molar-refractivity contribution in [3.05, 3.63) is 83.9 Å². The summed E-state index contributed by atoms with van der Waals surface area (Å²) in [7, 11) is 0. The molecule has 1 atom stereocenters. The first-order valence-electron chi connectivity index (χ1n) is 7.74. The average Bonchev–Trinajstić information content (AvgIpc) is 2.61. The molecule has 3 aromatic rings. The van der Waals surface area contributed by atoms with Gasteiger partial charge in [0.15, 0.2) is 0 Å². The second kappa shape index (κ2) is 7.07. The number of hydrogen-bond acceptors (Lipinski definition) is 2. The first-order chi connectivity index (χ1) is 11.3. The van der Waals surface area contributed by atoms with Crippen molar-refractivity contribution >= 4 is 16.7 Å². The Balaban J connectivity index is 1.63. The molecule has 0 fully saturated rings. The van der Waals surface area contributed by atoms with Gasteiger partial charge in [-0.3, -0.25) is 4.79 Å². The molecule has 1 amide bonds. The summed E-state index contributed by atoms with van der Waals surface area (Å²) in [5.74, 6) is -0.109. The highest BCUT2D eigenvalue weighted by atomic mass is 16.3. The van der Waals surface area contributed by atoms with Crippen LogP contribution in [0.5, 0.6) is 0 Å². The number of carbonyl (C=O) groups is 1. The summed E-state index contributed by atoms with van der Waals surface area (Å²) >= 11 is 0. The smallest absolute Gasteiger partial charge is 0.251 e. The maximum atomic E-state index is 12.4. The van der Waals surface area contributed by atoms with Crippen LogP contribution in [0.25, 0.3) is 10.8 Å². The maximum Gasteiger partial charge on any atom is 0.251 e. The van der Waals surface area contributed by atoms with Crippen LogP contribution >= 0.6 is 0 Å². The first kappa shape index (κ1) is 15.3. The highest BCUT2D eigenvalue weighted by molar-refractivity contribution is 6.06. The fraction of sp³-hybridized carbons (Fsp3) is 0.150. The van der Waals surface area contributed by atoms with Gasteiger partial charge in [-0.1, -0.05) is 66.7 Å². The van der Waals surface area contributed by atoms with Crippen LogP contribution in [0.4, 0.5) is 0 Å². The number of aliphatic hydroxyl groups is 1. The van der Waals surface area contributed by atoms with Crippen LogP contribution in [0.1, 0.15) is 28.4 Å². The van der Waals surface area contributed by atoms with Crippen molar-refractivity contribution in [3.63, 3.8) is 0 Å². The van der Waals surface area contributed by atoms with Crippen molar-refractivity contribution in [3.8, 4) is 0 Å². The van der Waals surface area contributed by atoms with Gasteiger partial charge in [0.1, 0.15) is 0 Å². The molecule has 3 aromatic carbocycles. The Kier molecular flexibility index (Phi) is 4.69. The Morgan fingerprint density at radius 1 is 0.913 bits per heavy atom. The van der Waals surface area contributed by atoms with Gasteiger partial charge in [0, 0.05) is 12.1 Å². The molecule has 2 N–H and O–H groups in total. The lowest BCUT2D eigenvalue weighted by Gasteiger charge is -2.12. The molecule has 3 nitrogen and oxygen atoms in total. The maximum absolute atomic E-state index is 12.4. The first-order valence-corrected chi connectivity index (χ1v) is 7.74. The molecule has 0 aliphatic rings. The number of rotatable bonds is 5. The van der Waals surface area contributed by atoms with Gasteiger partial charge >= 0.3 is 0 Å². The van der Waals surface area contributed by atoms with Crippen molar-refractivity contribution in [1.82, 2.24) is 5.32 Å². The Morgan fingerprint density at radius 3 is 2.43 bits per heavy atom. The molecule has 0 aromatic heterocycles. The zero-order valence-electron chi connectivity index (χ0n) is 12.8. The van der Waals surface area contributed by atoms with Crippen LogP contribution in [0.2, 0.25) is 0 Å². The predicted octanol–water partition coefficient (Wildman–Crippen LogP) is 3.69.